The summed E-state index contributed by atoms with van der Waals surface area (Å²) in [6.07, 6.45) is 0. The van der Waals surface area contributed by atoms with E-state index < -0.39 is 44.3 Å². The first-order valence-corrected chi connectivity index (χ1v) is 7.22. The quantitative estimate of drug-likeness (QED) is 0.772. The van der Waals surface area contributed by atoms with Crippen molar-refractivity contribution in [1.82, 2.24) is 4.72 Å². The van der Waals surface area contributed by atoms with Crippen molar-refractivity contribution in [2.45, 2.75) is 24.8 Å². The Morgan fingerprint density at radius 3 is 2.43 bits per heavy atom. The third kappa shape index (κ3) is 3.76. The summed E-state index contributed by atoms with van der Waals surface area (Å²) in [7, 11) is -3.19. The van der Waals surface area contributed by atoms with Crippen molar-refractivity contribution in [3.8, 4) is 0 Å². The molecule has 0 radical (unpaired) electrons. The van der Waals surface area contributed by atoms with Crippen LogP contribution in [-0.2, 0) is 19.6 Å². The first kappa shape index (κ1) is 17.1. The standard InChI is InChI=1S/C12H14FNO6S/c1-6-9(13)4-8(11(15)16)5-10(6)21(18,19)14-7(2)12(17)20-3/h4-5,7,14H,1-3H3,(H,15,16)/t7-/m0/s1. The van der Waals surface area contributed by atoms with Crippen LogP contribution in [0.4, 0.5) is 4.39 Å². The smallest absolute Gasteiger partial charge is 0.335 e. The lowest BCUT2D eigenvalue weighted by molar-refractivity contribution is -0.142. The summed E-state index contributed by atoms with van der Waals surface area (Å²) in [6, 6.07) is 0.351. The van der Waals surface area contributed by atoms with Crippen molar-refractivity contribution in [1.29, 1.82) is 0 Å². The minimum absolute atomic E-state index is 0.246. The number of carboxylic acid groups (broad SMARTS) is 1. The summed E-state index contributed by atoms with van der Waals surface area (Å²) < 4.78 is 44.3. The van der Waals surface area contributed by atoms with Gasteiger partial charge in [0.05, 0.1) is 17.6 Å². The van der Waals surface area contributed by atoms with E-state index >= 15 is 0 Å². The van der Waals surface area contributed by atoms with Crippen molar-refractivity contribution in [2.24, 2.45) is 0 Å². The van der Waals surface area contributed by atoms with E-state index in [1.165, 1.54) is 13.8 Å². The van der Waals surface area contributed by atoms with E-state index in [-0.39, 0.29) is 5.56 Å². The molecule has 1 aromatic rings. The van der Waals surface area contributed by atoms with Crippen molar-refractivity contribution in [3.05, 3.63) is 29.1 Å². The van der Waals surface area contributed by atoms with Crippen LogP contribution in [0.25, 0.3) is 0 Å². The third-order valence-corrected chi connectivity index (χ3v) is 4.39. The molecule has 0 saturated carbocycles. The van der Waals surface area contributed by atoms with Gasteiger partial charge in [0.2, 0.25) is 10.0 Å². The van der Waals surface area contributed by atoms with E-state index in [1.807, 2.05) is 4.72 Å². The molecule has 116 valence electrons. The van der Waals surface area contributed by atoms with E-state index in [0.717, 1.165) is 19.2 Å². The van der Waals surface area contributed by atoms with Crippen LogP contribution in [0.1, 0.15) is 22.8 Å². The minimum atomic E-state index is -4.28. The Hall–Kier alpha value is -2.00. The number of ether oxygens (including phenoxy) is 1. The molecule has 0 fully saturated rings. The summed E-state index contributed by atoms with van der Waals surface area (Å²) in [5, 5.41) is 8.84. The maximum absolute atomic E-state index is 13.6. The van der Waals surface area contributed by atoms with Gasteiger partial charge >= 0.3 is 11.9 Å². The number of halogens is 1. The lowest BCUT2D eigenvalue weighted by atomic mass is 10.1. The molecule has 0 aromatic heterocycles. The summed E-state index contributed by atoms with van der Waals surface area (Å²) >= 11 is 0. The molecule has 7 nitrogen and oxygen atoms in total. The van der Waals surface area contributed by atoms with Gasteiger partial charge in [0.25, 0.3) is 0 Å². The van der Waals surface area contributed by atoms with Crippen molar-refractivity contribution in [3.63, 3.8) is 0 Å². The first-order chi connectivity index (χ1) is 9.60. The molecular weight excluding hydrogens is 305 g/mol. The summed E-state index contributed by atoms with van der Waals surface area (Å²) in [4.78, 5) is 21.5. The molecule has 9 heteroatoms. The van der Waals surface area contributed by atoms with Crippen LogP contribution >= 0.6 is 0 Å². The van der Waals surface area contributed by atoms with Gasteiger partial charge < -0.3 is 9.84 Å². The van der Waals surface area contributed by atoms with Crippen molar-refractivity contribution in [2.75, 3.05) is 7.11 Å². The lowest BCUT2D eigenvalue weighted by Crippen LogP contribution is -2.39. The van der Waals surface area contributed by atoms with Gasteiger partial charge in [0, 0.05) is 5.56 Å². The van der Waals surface area contributed by atoms with E-state index in [2.05, 4.69) is 4.74 Å². The number of carboxylic acids is 1. The topological polar surface area (TPSA) is 110 Å². The fourth-order valence-corrected chi connectivity index (χ4v) is 3.05. The normalized spacial score (nSPS) is 12.8. The number of benzene rings is 1. The Morgan fingerprint density at radius 1 is 1.38 bits per heavy atom. The molecule has 2 N–H and O–H groups in total. The summed E-state index contributed by atoms with van der Waals surface area (Å²) in [6.45, 7) is 2.44. The van der Waals surface area contributed by atoms with Gasteiger partial charge in [-0.2, -0.15) is 4.72 Å². The highest BCUT2D eigenvalue weighted by atomic mass is 32.2. The number of methoxy groups -OCH3 is 1. The van der Waals surface area contributed by atoms with Gasteiger partial charge in [-0.25, -0.2) is 17.6 Å². The predicted molar refractivity (Wildman–Crippen MR) is 69.9 cm³/mol. The number of nitrogens with one attached hydrogen (secondary N) is 1. The first-order valence-electron chi connectivity index (χ1n) is 5.73. The number of aromatic carboxylic acids is 1. The molecule has 0 aliphatic rings. The number of sulfonamides is 1. The van der Waals surface area contributed by atoms with Gasteiger partial charge in [-0.05, 0) is 26.0 Å². The fourth-order valence-electron chi connectivity index (χ4n) is 1.58. The van der Waals surface area contributed by atoms with Gasteiger partial charge in [0.1, 0.15) is 11.9 Å². The molecule has 0 unspecified atom stereocenters. The van der Waals surface area contributed by atoms with Crippen molar-refractivity contribution >= 4 is 22.0 Å². The highest BCUT2D eigenvalue weighted by Crippen LogP contribution is 2.21. The van der Waals surface area contributed by atoms with Crippen LogP contribution in [0.5, 0.6) is 0 Å². The average molecular weight is 319 g/mol. The molecule has 0 aliphatic heterocycles. The summed E-state index contributed by atoms with van der Waals surface area (Å²) in [5.41, 5.74) is -0.756. The number of carbonyl (C=O) groups is 2. The van der Waals surface area contributed by atoms with Crippen LogP contribution < -0.4 is 4.72 Å². The number of hydrogen-bond donors (Lipinski definition) is 2. The largest absolute Gasteiger partial charge is 0.478 e. The predicted octanol–water partition coefficient (Wildman–Crippen LogP) is 0.672. The molecule has 0 spiro atoms. The second-order valence-electron chi connectivity index (χ2n) is 4.25. The molecule has 0 aliphatic carbocycles. The molecule has 0 bridgehead atoms. The number of esters is 1. The number of carbonyl (C=O) groups excluding carboxylic acids is 1. The highest BCUT2D eigenvalue weighted by molar-refractivity contribution is 7.89. The van der Waals surface area contributed by atoms with E-state index in [9.17, 15) is 22.4 Å². The van der Waals surface area contributed by atoms with Gasteiger partial charge in [0.15, 0.2) is 0 Å². The second kappa shape index (κ2) is 6.19. The average Bonchev–Trinajstić information content (AvgIpc) is 2.39. The molecule has 1 atom stereocenters. The number of hydrogen-bond acceptors (Lipinski definition) is 5. The Kier molecular flexibility index (Phi) is 5.02. The third-order valence-electron chi connectivity index (χ3n) is 2.72. The zero-order valence-electron chi connectivity index (χ0n) is 11.5. The van der Waals surface area contributed by atoms with Crippen LogP contribution in [-0.4, -0.2) is 38.6 Å². The molecule has 21 heavy (non-hydrogen) atoms. The molecular formula is C12H14FNO6S. The maximum atomic E-state index is 13.6. The molecule has 1 aromatic carbocycles. The Morgan fingerprint density at radius 2 is 1.95 bits per heavy atom. The minimum Gasteiger partial charge on any atom is -0.478 e. The Balaban J connectivity index is 3.31. The zero-order valence-corrected chi connectivity index (χ0v) is 12.3. The molecule has 0 amide bonds. The molecule has 1 rings (SSSR count). The molecule has 0 saturated heterocycles. The lowest BCUT2D eigenvalue weighted by Gasteiger charge is -2.14. The van der Waals surface area contributed by atoms with Crippen LogP contribution in [0.2, 0.25) is 0 Å². The van der Waals surface area contributed by atoms with E-state index in [0.29, 0.717) is 0 Å². The second-order valence-corrected chi connectivity index (χ2v) is 5.93. The maximum Gasteiger partial charge on any atom is 0.335 e. The van der Waals surface area contributed by atoms with Crippen molar-refractivity contribution < 1.29 is 32.2 Å². The summed E-state index contributed by atoms with van der Waals surface area (Å²) in [5.74, 6) is -3.27. The van der Waals surface area contributed by atoms with Gasteiger partial charge in [-0.3, -0.25) is 4.79 Å². The Bertz CT molecular complexity index is 685. The van der Waals surface area contributed by atoms with Crippen LogP contribution in [0.15, 0.2) is 17.0 Å². The zero-order chi connectivity index (χ0) is 16.4. The van der Waals surface area contributed by atoms with Gasteiger partial charge in [-0.15, -0.1) is 0 Å². The van der Waals surface area contributed by atoms with E-state index in [1.54, 1.807) is 0 Å². The monoisotopic (exact) mass is 319 g/mol. The number of rotatable bonds is 5. The van der Waals surface area contributed by atoms with Gasteiger partial charge in [-0.1, -0.05) is 0 Å². The highest BCUT2D eigenvalue weighted by Gasteiger charge is 2.26. The Labute approximate surface area is 120 Å². The van der Waals surface area contributed by atoms with Crippen LogP contribution in [0, 0.1) is 12.7 Å². The van der Waals surface area contributed by atoms with E-state index in [4.69, 9.17) is 5.11 Å². The molecule has 0 heterocycles. The van der Waals surface area contributed by atoms with Crippen LogP contribution in [0.3, 0.4) is 0 Å². The fraction of sp³-hybridized carbons (Fsp3) is 0.333. The SMILES string of the molecule is COC(=O)[C@H](C)NS(=O)(=O)c1cc(C(=O)O)cc(F)c1C.